The highest BCUT2D eigenvalue weighted by Gasteiger charge is 2.12. The smallest absolute Gasteiger partial charge is 0.163 e. The zero-order valence-corrected chi connectivity index (χ0v) is 11.1. The van der Waals surface area contributed by atoms with Gasteiger partial charge in [-0.3, -0.25) is 4.79 Å². The van der Waals surface area contributed by atoms with Gasteiger partial charge in [0.1, 0.15) is 0 Å². The summed E-state index contributed by atoms with van der Waals surface area (Å²) in [7, 11) is 0. The van der Waals surface area contributed by atoms with E-state index in [1.54, 1.807) is 0 Å². The third-order valence-corrected chi connectivity index (χ3v) is 3.70. The minimum absolute atomic E-state index is 0.273. The van der Waals surface area contributed by atoms with Crippen LogP contribution in [0.4, 0.5) is 0 Å². The standard InChI is InChI=1S/C17H20O/c1-3-13(4-2)11-17(18)16-10-9-14-7-5-6-8-15(14)12-16/h5-10,12-13H,3-4,11H2,1-2H3. The largest absolute Gasteiger partial charge is 0.294 e. The lowest BCUT2D eigenvalue weighted by Gasteiger charge is -2.11. The van der Waals surface area contributed by atoms with Crippen molar-refractivity contribution in [1.82, 2.24) is 0 Å². The third-order valence-electron chi connectivity index (χ3n) is 3.70. The van der Waals surface area contributed by atoms with Gasteiger partial charge in [0.25, 0.3) is 0 Å². The zero-order valence-electron chi connectivity index (χ0n) is 11.1. The second-order valence-corrected chi connectivity index (χ2v) is 4.87. The number of rotatable bonds is 5. The van der Waals surface area contributed by atoms with Crippen molar-refractivity contribution in [2.75, 3.05) is 0 Å². The maximum absolute atomic E-state index is 12.2. The van der Waals surface area contributed by atoms with Gasteiger partial charge in [-0.1, -0.05) is 63.1 Å². The van der Waals surface area contributed by atoms with E-state index >= 15 is 0 Å². The Bertz CT molecular complexity index is 538. The van der Waals surface area contributed by atoms with E-state index in [-0.39, 0.29) is 5.78 Å². The van der Waals surface area contributed by atoms with Crippen LogP contribution >= 0.6 is 0 Å². The van der Waals surface area contributed by atoms with Gasteiger partial charge in [-0.2, -0.15) is 0 Å². The van der Waals surface area contributed by atoms with Crippen LogP contribution in [0.25, 0.3) is 10.8 Å². The topological polar surface area (TPSA) is 17.1 Å². The molecule has 0 aliphatic rings. The van der Waals surface area contributed by atoms with E-state index in [9.17, 15) is 4.79 Å². The fourth-order valence-corrected chi connectivity index (χ4v) is 2.32. The van der Waals surface area contributed by atoms with E-state index in [0.29, 0.717) is 12.3 Å². The minimum Gasteiger partial charge on any atom is -0.294 e. The van der Waals surface area contributed by atoms with Crippen LogP contribution in [0.3, 0.4) is 0 Å². The molecule has 0 fully saturated rings. The highest BCUT2D eigenvalue weighted by atomic mass is 16.1. The Hall–Kier alpha value is -1.63. The molecule has 0 N–H and O–H groups in total. The summed E-state index contributed by atoms with van der Waals surface area (Å²) in [6, 6.07) is 14.2. The van der Waals surface area contributed by atoms with E-state index in [2.05, 4.69) is 26.0 Å². The van der Waals surface area contributed by atoms with Crippen LogP contribution in [0.5, 0.6) is 0 Å². The SMILES string of the molecule is CCC(CC)CC(=O)c1ccc2ccccc2c1. The van der Waals surface area contributed by atoms with E-state index in [0.717, 1.165) is 23.8 Å². The molecular weight excluding hydrogens is 220 g/mol. The number of hydrogen-bond acceptors (Lipinski definition) is 1. The van der Waals surface area contributed by atoms with E-state index < -0.39 is 0 Å². The van der Waals surface area contributed by atoms with Crippen molar-refractivity contribution < 1.29 is 4.79 Å². The Morgan fingerprint density at radius 2 is 1.67 bits per heavy atom. The fraction of sp³-hybridized carbons (Fsp3) is 0.353. The molecular formula is C17H20O. The van der Waals surface area contributed by atoms with Crippen LogP contribution in [-0.2, 0) is 0 Å². The lowest BCUT2D eigenvalue weighted by Crippen LogP contribution is -2.07. The normalized spacial score (nSPS) is 11.1. The number of hydrogen-bond donors (Lipinski definition) is 0. The summed E-state index contributed by atoms with van der Waals surface area (Å²) >= 11 is 0. The van der Waals surface area contributed by atoms with Gasteiger partial charge in [-0.15, -0.1) is 0 Å². The van der Waals surface area contributed by atoms with Crippen molar-refractivity contribution in [3.8, 4) is 0 Å². The van der Waals surface area contributed by atoms with Gasteiger partial charge in [-0.05, 0) is 22.8 Å². The second kappa shape index (κ2) is 5.81. The maximum Gasteiger partial charge on any atom is 0.163 e. The molecule has 0 radical (unpaired) electrons. The van der Waals surface area contributed by atoms with Crippen molar-refractivity contribution in [3.05, 3.63) is 48.0 Å². The molecule has 0 aromatic heterocycles. The molecule has 0 saturated carbocycles. The Balaban J connectivity index is 2.22. The van der Waals surface area contributed by atoms with Gasteiger partial charge in [0.2, 0.25) is 0 Å². The molecule has 1 nitrogen and oxygen atoms in total. The van der Waals surface area contributed by atoms with Gasteiger partial charge in [-0.25, -0.2) is 0 Å². The Kier molecular flexibility index (Phi) is 4.14. The van der Waals surface area contributed by atoms with Crippen LogP contribution in [0.1, 0.15) is 43.5 Å². The van der Waals surface area contributed by atoms with Crippen LogP contribution in [-0.4, -0.2) is 5.78 Å². The molecule has 2 rings (SSSR count). The fourth-order valence-electron chi connectivity index (χ4n) is 2.32. The first kappa shape index (κ1) is 12.8. The van der Waals surface area contributed by atoms with Gasteiger partial charge >= 0.3 is 0 Å². The number of carbonyl (C=O) groups excluding carboxylic acids is 1. The molecule has 1 heteroatoms. The molecule has 2 aromatic carbocycles. The molecule has 0 bridgehead atoms. The average molecular weight is 240 g/mol. The molecule has 0 heterocycles. The van der Waals surface area contributed by atoms with Crippen LogP contribution in [0, 0.1) is 5.92 Å². The molecule has 0 atom stereocenters. The summed E-state index contributed by atoms with van der Waals surface area (Å²) in [6.07, 6.45) is 2.83. The summed E-state index contributed by atoms with van der Waals surface area (Å²) < 4.78 is 0. The van der Waals surface area contributed by atoms with Gasteiger partial charge in [0, 0.05) is 12.0 Å². The average Bonchev–Trinajstić information content (AvgIpc) is 2.44. The number of fused-ring (bicyclic) bond motifs is 1. The predicted octanol–water partition coefficient (Wildman–Crippen LogP) is 4.85. The first-order chi connectivity index (χ1) is 8.74. The predicted molar refractivity (Wildman–Crippen MR) is 77.0 cm³/mol. The molecule has 0 spiro atoms. The summed E-state index contributed by atoms with van der Waals surface area (Å²) in [5.41, 5.74) is 0.848. The van der Waals surface area contributed by atoms with Crippen molar-refractivity contribution in [2.24, 2.45) is 5.92 Å². The van der Waals surface area contributed by atoms with Crippen molar-refractivity contribution >= 4 is 16.6 Å². The monoisotopic (exact) mass is 240 g/mol. The number of ketones is 1. The minimum atomic E-state index is 0.273. The van der Waals surface area contributed by atoms with E-state index in [4.69, 9.17) is 0 Å². The first-order valence-corrected chi connectivity index (χ1v) is 6.76. The van der Waals surface area contributed by atoms with Crippen molar-refractivity contribution in [3.63, 3.8) is 0 Å². The molecule has 0 aliphatic carbocycles. The molecule has 18 heavy (non-hydrogen) atoms. The van der Waals surface area contributed by atoms with Crippen LogP contribution < -0.4 is 0 Å². The zero-order chi connectivity index (χ0) is 13.0. The third kappa shape index (κ3) is 2.79. The second-order valence-electron chi connectivity index (χ2n) is 4.87. The van der Waals surface area contributed by atoms with Crippen LogP contribution in [0.2, 0.25) is 0 Å². The van der Waals surface area contributed by atoms with Crippen molar-refractivity contribution in [2.45, 2.75) is 33.1 Å². The lowest BCUT2D eigenvalue weighted by molar-refractivity contribution is 0.0959. The van der Waals surface area contributed by atoms with E-state index in [1.165, 1.54) is 5.39 Å². The number of carbonyl (C=O) groups is 1. The number of Topliss-reactive ketones (excluding diaryl/α,β-unsaturated/α-hetero) is 1. The summed E-state index contributed by atoms with van der Waals surface area (Å²) in [5.74, 6) is 0.790. The molecule has 0 unspecified atom stereocenters. The summed E-state index contributed by atoms with van der Waals surface area (Å²) in [4.78, 5) is 12.2. The first-order valence-electron chi connectivity index (χ1n) is 6.76. The number of benzene rings is 2. The van der Waals surface area contributed by atoms with Crippen molar-refractivity contribution in [1.29, 1.82) is 0 Å². The Morgan fingerprint density at radius 3 is 2.33 bits per heavy atom. The quantitative estimate of drug-likeness (QED) is 0.683. The molecule has 0 saturated heterocycles. The summed E-state index contributed by atoms with van der Waals surface area (Å²) in [5, 5.41) is 2.34. The van der Waals surface area contributed by atoms with E-state index in [1.807, 2.05) is 30.3 Å². The molecule has 2 aromatic rings. The molecule has 0 aliphatic heterocycles. The Labute approximate surface area is 109 Å². The molecule has 0 amide bonds. The molecule has 94 valence electrons. The lowest BCUT2D eigenvalue weighted by atomic mass is 9.93. The van der Waals surface area contributed by atoms with Crippen LogP contribution in [0.15, 0.2) is 42.5 Å². The maximum atomic E-state index is 12.2. The summed E-state index contributed by atoms with van der Waals surface area (Å²) in [6.45, 7) is 4.31. The van der Waals surface area contributed by atoms with Gasteiger partial charge < -0.3 is 0 Å². The highest BCUT2D eigenvalue weighted by molar-refractivity contribution is 6.00. The Morgan fingerprint density at radius 1 is 1.00 bits per heavy atom. The highest BCUT2D eigenvalue weighted by Crippen LogP contribution is 2.20. The van der Waals surface area contributed by atoms with Gasteiger partial charge in [0.05, 0.1) is 0 Å². The van der Waals surface area contributed by atoms with Gasteiger partial charge in [0.15, 0.2) is 5.78 Å².